The van der Waals surface area contributed by atoms with Crippen LogP contribution in [0.1, 0.15) is 25.7 Å². The highest BCUT2D eigenvalue weighted by Gasteiger charge is 2.37. The lowest BCUT2D eigenvalue weighted by Gasteiger charge is -2.26. The molecule has 112 valence electrons. The van der Waals surface area contributed by atoms with Gasteiger partial charge in [-0.2, -0.15) is 0 Å². The molecule has 1 unspecified atom stereocenters. The number of benzene rings is 1. The Morgan fingerprint density at radius 2 is 1.95 bits per heavy atom. The van der Waals surface area contributed by atoms with Crippen molar-refractivity contribution in [2.24, 2.45) is 0 Å². The van der Waals surface area contributed by atoms with Gasteiger partial charge in [-0.15, -0.1) is 0 Å². The average molecular weight is 287 g/mol. The van der Waals surface area contributed by atoms with Gasteiger partial charge in [0.05, 0.1) is 6.04 Å². The minimum Gasteiger partial charge on any atom is -0.329 e. The second-order valence-corrected chi connectivity index (χ2v) is 5.69. The summed E-state index contributed by atoms with van der Waals surface area (Å²) in [6.07, 6.45) is 3.55. The third-order valence-electron chi connectivity index (χ3n) is 4.24. The zero-order valence-electron chi connectivity index (χ0n) is 12.0. The van der Waals surface area contributed by atoms with Crippen molar-refractivity contribution in [2.45, 2.75) is 37.8 Å². The first-order valence-electron chi connectivity index (χ1n) is 7.65. The van der Waals surface area contributed by atoms with Crippen molar-refractivity contribution in [2.75, 3.05) is 18.4 Å². The molecule has 0 radical (unpaired) electrons. The van der Waals surface area contributed by atoms with Gasteiger partial charge in [0.2, 0.25) is 11.8 Å². The maximum atomic E-state index is 12.5. The number of likely N-dealkylation sites (tertiary alicyclic amines) is 1. The summed E-state index contributed by atoms with van der Waals surface area (Å²) in [5.74, 6) is 0.00302. The first kappa shape index (κ1) is 14.1. The number of carbonyl (C=O) groups excluding carboxylic acids is 2. The Hall–Kier alpha value is -1.88. The van der Waals surface area contributed by atoms with Crippen LogP contribution in [0.25, 0.3) is 0 Å². The van der Waals surface area contributed by atoms with Crippen LogP contribution in [0.2, 0.25) is 0 Å². The number of carbonyl (C=O) groups is 2. The lowest BCUT2D eigenvalue weighted by molar-refractivity contribution is -0.138. The molecule has 2 saturated heterocycles. The average Bonchev–Trinajstić information content (AvgIpc) is 3.19. The van der Waals surface area contributed by atoms with E-state index in [1.165, 1.54) is 0 Å². The highest BCUT2D eigenvalue weighted by Crippen LogP contribution is 2.22. The van der Waals surface area contributed by atoms with Crippen LogP contribution in [0.5, 0.6) is 0 Å². The van der Waals surface area contributed by atoms with Gasteiger partial charge in [-0.1, -0.05) is 18.2 Å². The molecule has 1 aromatic carbocycles. The number of hydrogen-bond acceptors (Lipinski definition) is 3. The molecule has 0 spiro atoms. The molecule has 0 saturated carbocycles. The van der Waals surface area contributed by atoms with Gasteiger partial charge < -0.3 is 15.5 Å². The van der Waals surface area contributed by atoms with Crippen LogP contribution in [0.15, 0.2) is 30.3 Å². The van der Waals surface area contributed by atoms with Crippen molar-refractivity contribution in [1.29, 1.82) is 0 Å². The van der Waals surface area contributed by atoms with Gasteiger partial charge in [-0.25, -0.2) is 0 Å². The molecule has 21 heavy (non-hydrogen) atoms. The molecule has 2 aliphatic heterocycles. The van der Waals surface area contributed by atoms with E-state index >= 15 is 0 Å². The third kappa shape index (κ3) is 3.08. The molecule has 2 fully saturated rings. The van der Waals surface area contributed by atoms with Gasteiger partial charge in [0.25, 0.3) is 0 Å². The topological polar surface area (TPSA) is 61.4 Å². The number of amides is 2. The predicted octanol–water partition coefficient (Wildman–Crippen LogP) is 1.37. The van der Waals surface area contributed by atoms with Crippen LogP contribution < -0.4 is 10.6 Å². The number of para-hydroxylation sites is 1. The van der Waals surface area contributed by atoms with E-state index < -0.39 is 0 Å². The molecule has 0 aliphatic carbocycles. The summed E-state index contributed by atoms with van der Waals surface area (Å²) in [4.78, 5) is 26.7. The summed E-state index contributed by atoms with van der Waals surface area (Å²) < 4.78 is 0. The summed E-state index contributed by atoms with van der Waals surface area (Å²) >= 11 is 0. The van der Waals surface area contributed by atoms with E-state index in [1.54, 1.807) is 4.90 Å². The van der Waals surface area contributed by atoms with Crippen LogP contribution >= 0.6 is 0 Å². The molecule has 2 N–H and O–H groups in total. The van der Waals surface area contributed by atoms with Gasteiger partial charge in [-0.3, -0.25) is 9.59 Å². The van der Waals surface area contributed by atoms with Crippen molar-refractivity contribution in [3.8, 4) is 0 Å². The molecule has 2 heterocycles. The summed E-state index contributed by atoms with van der Waals surface area (Å²) in [6.45, 7) is 1.58. The fourth-order valence-corrected chi connectivity index (χ4v) is 3.15. The zero-order chi connectivity index (χ0) is 14.7. The van der Waals surface area contributed by atoms with Crippen LogP contribution in [0.3, 0.4) is 0 Å². The Balaban J connectivity index is 1.65. The SMILES string of the molecule is O=C(Nc1ccccc1)C1CCCN1C(=O)[C@H]1CCCN1. The van der Waals surface area contributed by atoms with E-state index in [2.05, 4.69) is 10.6 Å². The molecule has 2 amide bonds. The molecule has 5 nitrogen and oxygen atoms in total. The fraction of sp³-hybridized carbons (Fsp3) is 0.500. The first-order valence-corrected chi connectivity index (χ1v) is 7.65. The Bertz CT molecular complexity index is 512. The lowest BCUT2D eigenvalue weighted by atomic mass is 10.1. The van der Waals surface area contributed by atoms with Gasteiger partial charge in [0.15, 0.2) is 0 Å². The highest BCUT2D eigenvalue weighted by molar-refractivity contribution is 5.98. The predicted molar refractivity (Wildman–Crippen MR) is 80.8 cm³/mol. The molecule has 3 rings (SSSR count). The second kappa shape index (κ2) is 6.26. The minimum absolute atomic E-state index is 0.0787. The number of rotatable bonds is 3. The van der Waals surface area contributed by atoms with Crippen molar-refractivity contribution in [1.82, 2.24) is 10.2 Å². The maximum absolute atomic E-state index is 12.5. The van der Waals surface area contributed by atoms with E-state index in [0.717, 1.165) is 37.9 Å². The first-order chi connectivity index (χ1) is 10.3. The third-order valence-corrected chi connectivity index (χ3v) is 4.24. The molecular weight excluding hydrogens is 266 g/mol. The number of anilines is 1. The van der Waals surface area contributed by atoms with E-state index in [0.29, 0.717) is 6.54 Å². The molecule has 0 aromatic heterocycles. The summed E-state index contributed by atoms with van der Waals surface area (Å²) in [5.41, 5.74) is 0.779. The molecule has 2 atom stereocenters. The smallest absolute Gasteiger partial charge is 0.247 e. The summed E-state index contributed by atoms with van der Waals surface area (Å²) in [7, 11) is 0. The lowest BCUT2D eigenvalue weighted by Crippen LogP contribution is -2.49. The van der Waals surface area contributed by atoms with Crippen LogP contribution in [0.4, 0.5) is 5.69 Å². The summed E-state index contributed by atoms with van der Waals surface area (Å²) in [6, 6.07) is 8.96. The molecule has 0 bridgehead atoms. The monoisotopic (exact) mass is 287 g/mol. The molecule has 2 aliphatic rings. The molecule has 5 heteroatoms. The largest absolute Gasteiger partial charge is 0.329 e. The zero-order valence-corrected chi connectivity index (χ0v) is 12.0. The van der Waals surface area contributed by atoms with Gasteiger partial charge in [-0.05, 0) is 44.4 Å². The van der Waals surface area contributed by atoms with E-state index in [9.17, 15) is 9.59 Å². The van der Waals surface area contributed by atoms with Gasteiger partial charge in [0.1, 0.15) is 6.04 Å². The van der Waals surface area contributed by atoms with Gasteiger partial charge >= 0.3 is 0 Å². The van der Waals surface area contributed by atoms with E-state index in [4.69, 9.17) is 0 Å². The van der Waals surface area contributed by atoms with Crippen molar-refractivity contribution in [3.05, 3.63) is 30.3 Å². The van der Waals surface area contributed by atoms with Crippen LogP contribution in [-0.2, 0) is 9.59 Å². The molecular formula is C16H21N3O2. The van der Waals surface area contributed by atoms with E-state index in [1.807, 2.05) is 30.3 Å². The number of nitrogens with one attached hydrogen (secondary N) is 2. The Kier molecular flexibility index (Phi) is 4.20. The van der Waals surface area contributed by atoms with Crippen LogP contribution in [0, 0.1) is 0 Å². The number of nitrogens with zero attached hydrogens (tertiary/aromatic N) is 1. The van der Waals surface area contributed by atoms with Gasteiger partial charge in [0, 0.05) is 12.2 Å². The molecule has 1 aromatic rings. The van der Waals surface area contributed by atoms with E-state index in [-0.39, 0.29) is 23.9 Å². The standard InChI is InChI=1S/C16H21N3O2/c20-15(18-12-6-2-1-3-7-12)14-9-5-11-19(14)16(21)13-8-4-10-17-13/h1-3,6-7,13-14,17H,4-5,8-11H2,(H,18,20)/t13-,14?/m1/s1. The normalized spacial score (nSPS) is 25.0. The van der Waals surface area contributed by atoms with Crippen molar-refractivity contribution < 1.29 is 9.59 Å². The van der Waals surface area contributed by atoms with Crippen LogP contribution in [-0.4, -0.2) is 41.9 Å². The summed E-state index contributed by atoms with van der Waals surface area (Å²) in [5, 5.41) is 6.13. The quantitative estimate of drug-likeness (QED) is 0.882. The Labute approximate surface area is 124 Å². The fourth-order valence-electron chi connectivity index (χ4n) is 3.15. The maximum Gasteiger partial charge on any atom is 0.247 e. The Morgan fingerprint density at radius 3 is 2.67 bits per heavy atom. The van der Waals surface area contributed by atoms with Crippen molar-refractivity contribution in [3.63, 3.8) is 0 Å². The minimum atomic E-state index is -0.333. The second-order valence-electron chi connectivity index (χ2n) is 5.69. The van der Waals surface area contributed by atoms with Crippen molar-refractivity contribution >= 4 is 17.5 Å². The highest BCUT2D eigenvalue weighted by atomic mass is 16.2. The Morgan fingerprint density at radius 1 is 1.14 bits per heavy atom. The number of hydrogen-bond donors (Lipinski definition) is 2.